The molecule has 1 heterocycles. The fourth-order valence-electron chi connectivity index (χ4n) is 3.05. The second kappa shape index (κ2) is 16.5. The first kappa shape index (κ1) is 34.0. The minimum atomic E-state index is -1.82. The number of ketones is 1. The van der Waals surface area contributed by atoms with Crippen LogP contribution in [0.1, 0.15) is 59.3 Å². The normalized spacial score (nSPS) is 21.6. The number of aliphatic carboxylic acids is 2. The van der Waals surface area contributed by atoms with Crippen LogP contribution in [0, 0.1) is 0 Å². The summed E-state index contributed by atoms with van der Waals surface area (Å²) in [5.74, 6) is -5.29. The van der Waals surface area contributed by atoms with Crippen LogP contribution in [0.5, 0.6) is 0 Å². The average molecular weight is 496 g/mol. The number of hydrogen-bond acceptors (Lipinski definition) is 11. The maximum atomic E-state index is 10.8. The number of rotatable bonds is 11. The van der Waals surface area contributed by atoms with Gasteiger partial charge >= 0.3 is 17.9 Å². The zero-order chi connectivity index (χ0) is 27.1. The molecule has 13 nitrogen and oxygen atoms in total. The van der Waals surface area contributed by atoms with Gasteiger partial charge in [-0.25, -0.2) is 0 Å². The van der Waals surface area contributed by atoms with E-state index in [2.05, 4.69) is 20.7 Å². The van der Waals surface area contributed by atoms with Crippen LogP contribution in [-0.4, -0.2) is 100 Å². The molecule has 1 fully saturated rings. The third kappa shape index (κ3) is 20.4. The molecule has 1 aliphatic rings. The van der Waals surface area contributed by atoms with Crippen molar-refractivity contribution < 1.29 is 49.4 Å². The van der Waals surface area contributed by atoms with E-state index in [-0.39, 0.29) is 49.5 Å². The van der Waals surface area contributed by atoms with Crippen molar-refractivity contribution in [3.63, 3.8) is 0 Å². The van der Waals surface area contributed by atoms with Crippen molar-refractivity contribution in [2.75, 3.05) is 21.1 Å². The van der Waals surface area contributed by atoms with Gasteiger partial charge in [-0.2, -0.15) is 0 Å². The third-order valence-corrected chi connectivity index (χ3v) is 4.61. The molecule has 1 saturated heterocycles. The summed E-state index contributed by atoms with van der Waals surface area (Å²) in [5, 5.41) is 52.4. The molecule has 0 aliphatic carbocycles. The summed E-state index contributed by atoms with van der Waals surface area (Å²) in [7, 11) is 5.00. The van der Waals surface area contributed by atoms with Crippen LogP contribution >= 0.6 is 0 Å². The molecule has 0 spiro atoms. The molecule has 13 heteroatoms. The van der Waals surface area contributed by atoms with E-state index in [9.17, 15) is 24.3 Å². The molecule has 0 aromatic heterocycles. The number of carbonyl (C=O) groups excluding carboxylic acids is 2. The van der Waals surface area contributed by atoms with Crippen LogP contribution in [0.25, 0.3) is 0 Å². The molecule has 0 amide bonds. The Kier molecular flexibility index (Phi) is 16.5. The van der Waals surface area contributed by atoms with E-state index in [0.29, 0.717) is 12.8 Å². The van der Waals surface area contributed by atoms with Gasteiger partial charge in [0.2, 0.25) is 5.79 Å². The number of ether oxygens (including phenoxy) is 1. The second-order valence-corrected chi connectivity index (χ2v) is 8.54. The summed E-state index contributed by atoms with van der Waals surface area (Å²) in [6, 6.07) is -0.612. The van der Waals surface area contributed by atoms with Gasteiger partial charge in [0, 0.05) is 44.3 Å². The molecule has 200 valence electrons. The van der Waals surface area contributed by atoms with E-state index in [4.69, 9.17) is 20.4 Å². The van der Waals surface area contributed by atoms with Crippen LogP contribution in [0.2, 0.25) is 0 Å². The second-order valence-electron chi connectivity index (χ2n) is 8.54. The van der Waals surface area contributed by atoms with Gasteiger partial charge in [0.05, 0.1) is 19.3 Å². The quantitative estimate of drug-likeness (QED) is 0.125. The lowest BCUT2D eigenvalue weighted by Crippen LogP contribution is -2.46. The predicted molar refractivity (Wildman–Crippen MR) is 122 cm³/mol. The Morgan fingerprint density at radius 1 is 1.06 bits per heavy atom. The Hall–Kier alpha value is -2.16. The number of carboxylic acid groups (broad SMARTS) is 2. The maximum absolute atomic E-state index is 10.8. The highest BCUT2D eigenvalue weighted by molar-refractivity contribution is 5.77. The molecule has 8 N–H and O–H groups in total. The van der Waals surface area contributed by atoms with Gasteiger partial charge in [-0.05, 0) is 35.0 Å². The molecular weight excluding hydrogens is 454 g/mol. The molecule has 4 unspecified atom stereocenters. The topological polar surface area (TPSA) is 215 Å². The standard InChI is InChI=1S/C7H15NO4.2C7H13NO3/c1-7(11,12)4-5(8-2)3-6(9)10;1-7(10)4-5(8-2)3-6(9)11-7;1-5(9)3-6(8-2)4-7(10)11/h5,8,11-12H,3-4H2,1-2H3,(H,9,10);5,8,10H,3-4H2,1-2H3;6,8H,3-4H2,1-2H3,(H,10,11). The maximum Gasteiger partial charge on any atom is 0.309 e. The van der Waals surface area contributed by atoms with Crippen molar-refractivity contribution in [1.82, 2.24) is 16.0 Å². The summed E-state index contributed by atoms with van der Waals surface area (Å²) in [6.45, 7) is 4.17. The lowest BCUT2D eigenvalue weighted by molar-refractivity contribution is -0.217. The Labute approximate surface area is 199 Å². The number of Topliss-reactive ketones (excluding diaryl/α,β-unsaturated/α-hetero) is 1. The fraction of sp³-hybridized carbons (Fsp3) is 0.810. The van der Waals surface area contributed by atoms with Gasteiger partial charge in [0.15, 0.2) is 5.79 Å². The van der Waals surface area contributed by atoms with Crippen LogP contribution in [0.4, 0.5) is 0 Å². The molecule has 1 aliphatic heterocycles. The van der Waals surface area contributed by atoms with Gasteiger partial charge < -0.3 is 46.2 Å². The van der Waals surface area contributed by atoms with E-state index in [0.717, 1.165) is 0 Å². The summed E-state index contributed by atoms with van der Waals surface area (Å²) in [5.41, 5.74) is 0. The minimum Gasteiger partial charge on any atom is -0.481 e. The minimum absolute atomic E-state index is 0.00389. The van der Waals surface area contributed by atoms with Crippen molar-refractivity contribution >= 4 is 23.7 Å². The first-order chi connectivity index (χ1) is 15.4. The lowest BCUT2D eigenvalue weighted by Gasteiger charge is -2.32. The third-order valence-electron chi connectivity index (χ3n) is 4.61. The summed E-state index contributed by atoms with van der Waals surface area (Å²) in [6.07, 6.45) is 0.948. The van der Waals surface area contributed by atoms with Crippen LogP contribution in [-0.2, 0) is 23.9 Å². The van der Waals surface area contributed by atoms with E-state index < -0.39 is 29.6 Å². The Morgan fingerprint density at radius 3 is 1.85 bits per heavy atom. The zero-order valence-electron chi connectivity index (χ0n) is 20.8. The molecule has 0 aromatic rings. The SMILES string of the molecule is CNC(CC(=O)O)CC(C)(O)O.CNC(CC(C)=O)CC(=O)O.CNC1CC(=O)OC(C)(O)C1. The Balaban J connectivity index is 0. The van der Waals surface area contributed by atoms with Crippen LogP contribution < -0.4 is 16.0 Å². The molecule has 1 rings (SSSR count). The highest BCUT2D eigenvalue weighted by Gasteiger charge is 2.35. The van der Waals surface area contributed by atoms with E-state index in [1.54, 1.807) is 21.1 Å². The average Bonchev–Trinajstić information content (AvgIpc) is 2.64. The molecule has 4 atom stereocenters. The van der Waals surface area contributed by atoms with Gasteiger partial charge in [-0.15, -0.1) is 0 Å². The summed E-state index contributed by atoms with van der Waals surface area (Å²) < 4.78 is 4.68. The van der Waals surface area contributed by atoms with Crippen molar-refractivity contribution in [2.24, 2.45) is 0 Å². The zero-order valence-corrected chi connectivity index (χ0v) is 20.8. The predicted octanol–water partition coefficient (Wildman–Crippen LogP) is -1.21. The van der Waals surface area contributed by atoms with Crippen LogP contribution in [0.15, 0.2) is 0 Å². The lowest BCUT2D eigenvalue weighted by atomic mass is 10.0. The molecule has 34 heavy (non-hydrogen) atoms. The summed E-state index contributed by atoms with van der Waals surface area (Å²) >= 11 is 0. The van der Waals surface area contributed by atoms with Crippen molar-refractivity contribution in [3.05, 3.63) is 0 Å². The molecule has 0 saturated carbocycles. The van der Waals surface area contributed by atoms with E-state index in [1.807, 2.05) is 0 Å². The number of aliphatic hydroxyl groups is 3. The van der Waals surface area contributed by atoms with Crippen LogP contribution in [0.3, 0.4) is 0 Å². The smallest absolute Gasteiger partial charge is 0.309 e. The number of nitrogens with one attached hydrogen (secondary N) is 3. The molecule has 0 bridgehead atoms. The van der Waals surface area contributed by atoms with Crippen molar-refractivity contribution in [3.8, 4) is 0 Å². The highest BCUT2D eigenvalue weighted by atomic mass is 16.7. The first-order valence-electron chi connectivity index (χ1n) is 10.8. The number of carboxylic acids is 2. The first-order valence-corrected chi connectivity index (χ1v) is 10.8. The van der Waals surface area contributed by atoms with Gasteiger partial charge in [0.1, 0.15) is 5.78 Å². The number of hydrogen-bond donors (Lipinski definition) is 8. The Bertz CT molecular complexity index is 633. The van der Waals surface area contributed by atoms with Gasteiger partial charge in [-0.3, -0.25) is 19.2 Å². The monoisotopic (exact) mass is 495 g/mol. The highest BCUT2D eigenvalue weighted by Crippen LogP contribution is 2.22. The molecule has 0 aromatic carbocycles. The molecule has 0 radical (unpaired) electrons. The number of cyclic esters (lactones) is 1. The fourth-order valence-corrected chi connectivity index (χ4v) is 3.05. The van der Waals surface area contributed by atoms with Gasteiger partial charge in [0.25, 0.3) is 0 Å². The van der Waals surface area contributed by atoms with E-state index >= 15 is 0 Å². The van der Waals surface area contributed by atoms with Gasteiger partial charge in [-0.1, -0.05) is 0 Å². The number of carbonyl (C=O) groups is 4. The Morgan fingerprint density at radius 2 is 1.53 bits per heavy atom. The number of esters is 1. The van der Waals surface area contributed by atoms with E-state index in [1.165, 1.54) is 20.8 Å². The van der Waals surface area contributed by atoms with Crippen molar-refractivity contribution in [1.29, 1.82) is 0 Å². The molecular formula is C21H41N3O10. The van der Waals surface area contributed by atoms with Crippen molar-refractivity contribution in [2.45, 2.75) is 89.0 Å². The summed E-state index contributed by atoms with van der Waals surface area (Å²) in [4.78, 5) is 41.8. The largest absolute Gasteiger partial charge is 0.481 e.